The Balaban J connectivity index is 2.20. The molecule has 0 heterocycles. The third-order valence-electron chi connectivity index (χ3n) is 1.35. The number of nitrogens with one attached hydrogen (secondary N) is 1. The first kappa shape index (κ1) is 8.40. The molecule has 1 saturated carbocycles. The Morgan fingerprint density at radius 1 is 1.73 bits per heavy atom. The van der Waals surface area contributed by atoms with E-state index in [1.165, 1.54) is 12.8 Å². The van der Waals surface area contributed by atoms with Crippen LogP contribution in [0.25, 0.3) is 0 Å². The first-order valence-electron chi connectivity index (χ1n) is 3.58. The fourth-order valence-electron chi connectivity index (χ4n) is 0.653. The van der Waals surface area contributed by atoms with Gasteiger partial charge in [0, 0.05) is 11.1 Å². The van der Waals surface area contributed by atoms with Crippen LogP contribution in [0.5, 0.6) is 0 Å². The summed E-state index contributed by atoms with van der Waals surface area (Å²) in [4.78, 5) is 3.96. The highest BCUT2D eigenvalue weighted by Crippen LogP contribution is 2.17. The second kappa shape index (κ2) is 3.62. The molecule has 0 aromatic heterocycles. The van der Waals surface area contributed by atoms with Crippen molar-refractivity contribution in [3.05, 3.63) is 11.6 Å². The molecule has 0 saturated heterocycles. The van der Waals surface area contributed by atoms with Gasteiger partial charge in [-0.15, -0.1) is 0 Å². The van der Waals surface area contributed by atoms with Crippen molar-refractivity contribution in [3.63, 3.8) is 0 Å². The minimum Gasteiger partial charge on any atom is -0.370 e. The highest BCUT2D eigenvalue weighted by atomic mass is 35.5. The SMILES string of the molecule is C=C(Cl)CN=C(N)NC1CC1. The zero-order valence-electron chi connectivity index (χ0n) is 6.31. The molecule has 1 rings (SSSR count). The second-order valence-corrected chi connectivity index (χ2v) is 3.17. The number of hydrogen-bond acceptors (Lipinski definition) is 1. The molecule has 0 unspecified atom stereocenters. The minimum absolute atomic E-state index is 0.396. The lowest BCUT2D eigenvalue weighted by Gasteiger charge is -2.01. The topological polar surface area (TPSA) is 50.4 Å². The highest BCUT2D eigenvalue weighted by molar-refractivity contribution is 6.29. The van der Waals surface area contributed by atoms with Crippen LogP contribution in [0.4, 0.5) is 0 Å². The predicted octanol–water partition coefficient (Wildman–Crippen LogP) is 0.806. The molecule has 0 aromatic rings. The van der Waals surface area contributed by atoms with Crippen molar-refractivity contribution in [2.24, 2.45) is 10.7 Å². The van der Waals surface area contributed by atoms with Crippen LogP contribution < -0.4 is 11.1 Å². The first-order valence-corrected chi connectivity index (χ1v) is 3.96. The number of nitrogens with zero attached hydrogens (tertiary/aromatic N) is 1. The van der Waals surface area contributed by atoms with Crippen molar-refractivity contribution in [1.29, 1.82) is 0 Å². The summed E-state index contributed by atoms with van der Waals surface area (Å²) in [7, 11) is 0. The number of nitrogens with two attached hydrogens (primary N) is 1. The summed E-state index contributed by atoms with van der Waals surface area (Å²) in [6, 6.07) is 0.544. The van der Waals surface area contributed by atoms with Gasteiger partial charge in [-0.3, -0.25) is 0 Å². The quantitative estimate of drug-likeness (QED) is 0.490. The largest absolute Gasteiger partial charge is 0.370 e. The number of guanidine groups is 1. The van der Waals surface area contributed by atoms with Gasteiger partial charge in [0.1, 0.15) is 0 Å². The summed E-state index contributed by atoms with van der Waals surface area (Å²) < 4.78 is 0. The Morgan fingerprint density at radius 3 is 2.82 bits per heavy atom. The lowest BCUT2D eigenvalue weighted by Crippen LogP contribution is -2.33. The molecule has 11 heavy (non-hydrogen) atoms. The molecule has 0 aromatic carbocycles. The van der Waals surface area contributed by atoms with E-state index in [2.05, 4.69) is 16.9 Å². The van der Waals surface area contributed by atoms with Crippen LogP contribution in [0.15, 0.2) is 16.6 Å². The number of aliphatic imine (C=N–C) groups is 1. The van der Waals surface area contributed by atoms with Gasteiger partial charge in [0.05, 0.1) is 6.54 Å². The van der Waals surface area contributed by atoms with Crippen LogP contribution >= 0.6 is 11.6 Å². The summed E-state index contributed by atoms with van der Waals surface area (Å²) in [5, 5.41) is 3.54. The van der Waals surface area contributed by atoms with E-state index >= 15 is 0 Å². The van der Waals surface area contributed by atoms with Crippen molar-refractivity contribution in [3.8, 4) is 0 Å². The molecule has 0 spiro atoms. The predicted molar refractivity (Wildman–Crippen MR) is 47.6 cm³/mol. The van der Waals surface area contributed by atoms with E-state index in [0.717, 1.165) is 0 Å². The highest BCUT2D eigenvalue weighted by Gasteiger charge is 2.21. The van der Waals surface area contributed by atoms with Crippen molar-refractivity contribution < 1.29 is 0 Å². The van der Waals surface area contributed by atoms with E-state index in [4.69, 9.17) is 17.3 Å². The molecule has 62 valence electrons. The summed E-state index contributed by atoms with van der Waals surface area (Å²) in [6.45, 7) is 3.89. The molecule has 1 fully saturated rings. The zero-order valence-corrected chi connectivity index (χ0v) is 7.06. The Kier molecular flexibility index (Phi) is 2.76. The zero-order chi connectivity index (χ0) is 8.27. The average molecular weight is 174 g/mol. The maximum absolute atomic E-state index is 5.50. The monoisotopic (exact) mass is 173 g/mol. The van der Waals surface area contributed by atoms with E-state index in [1.54, 1.807) is 0 Å². The van der Waals surface area contributed by atoms with Gasteiger partial charge in [-0.25, -0.2) is 4.99 Å². The summed E-state index contributed by atoms with van der Waals surface area (Å²) >= 11 is 5.49. The summed E-state index contributed by atoms with van der Waals surface area (Å²) in [6.07, 6.45) is 2.39. The molecule has 4 heteroatoms. The average Bonchev–Trinajstić information content (AvgIpc) is 2.67. The smallest absolute Gasteiger partial charge is 0.189 e. The molecule has 0 bridgehead atoms. The maximum atomic E-state index is 5.50. The molecular weight excluding hydrogens is 162 g/mol. The van der Waals surface area contributed by atoms with Crippen LogP contribution in [-0.2, 0) is 0 Å². The van der Waals surface area contributed by atoms with E-state index in [-0.39, 0.29) is 0 Å². The van der Waals surface area contributed by atoms with E-state index in [1.807, 2.05) is 0 Å². The summed E-state index contributed by atoms with van der Waals surface area (Å²) in [5.41, 5.74) is 5.50. The van der Waals surface area contributed by atoms with Crippen LogP contribution in [0, 0.1) is 0 Å². The number of hydrogen-bond donors (Lipinski definition) is 2. The lowest BCUT2D eigenvalue weighted by molar-refractivity contribution is 0.889. The van der Waals surface area contributed by atoms with Gasteiger partial charge in [0.15, 0.2) is 5.96 Å². The van der Waals surface area contributed by atoms with Crippen molar-refractivity contribution >= 4 is 17.6 Å². The van der Waals surface area contributed by atoms with Gasteiger partial charge in [0.2, 0.25) is 0 Å². The normalized spacial score (nSPS) is 18.1. The molecule has 1 aliphatic carbocycles. The van der Waals surface area contributed by atoms with Gasteiger partial charge in [-0.05, 0) is 12.8 Å². The van der Waals surface area contributed by atoms with Gasteiger partial charge >= 0.3 is 0 Å². The number of rotatable bonds is 3. The molecular formula is C7H12ClN3. The first-order chi connectivity index (χ1) is 5.18. The fourth-order valence-corrected chi connectivity index (χ4v) is 0.713. The van der Waals surface area contributed by atoms with Gasteiger partial charge in [0.25, 0.3) is 0 Å². The molecule has 1 aliphatic rings. The molecule has 3 nitrogen and oxygen atoms in total. The van der Waals surface area contributed by atoms with Crippen LogP contribution in [0.2, 0.25) is 0 Å². The molecule has 0 atom stereocenters. The van der Waals surface area contributed by atoms with Crippen LogP contribution in [-0.4, -0.2) is 18.5 Å². The fraction of sp³-hybridized carbons (Fsp3) is 0.571. The standard InChI is InChI=1S/C7H12ClN3/c1-5(8)4-10-7(9)11-6-2-3-6/h6H,1-4H2,(H3,9,10,11). The molecule has 3 N–H and O–H groups in total. The van der Waals surface area contributed by atoms with Crippen LogP contribution in [0.3, 0.4) is 0 Å². The maximum Gasteiger partial charge on any atom is 0.189 e. The van der Waals surface area contributed by atoms with Crippen molar-refractivity contribution in [2.45, 2.75) is 18.9 Å². The Bertz CT molecular complexity index is 184. The summed E-state index contributed by atoms with van der Waals surface area (Å²) in [5.74, 6) is 0.467. The van der Waals surface area contributed by atoms with Gasteiger partial charge in [-0.1, -0.05) is 18.2 Å². The third-order valence-corrected chi connectivity index (χ3v) is 1.47. The van der Waals surface area contributed by atoms with Gasteiger partial charge in [-0.2, -0.15) is 0 Å². The molecule has 0 amide bonds. The number of halogens is 1. The Labute approximate surface area is 71.3 Å². The Hall–Kier alpha value is -0.700. The minimum atomic E-state index is 0.396. The van der Waals surface area contributed by atoms with Crippen LogP contribution in [0.1, 0.15) is 12.8 Å². The van der Waals surface area contributed by atoms with E-state index in [9.17, 15) is 0 Å². The van der Waals surface area contributed by atoms with Gasteiger partial charge < -0.3 is 11.1 Å². The third kappa shape index (κ3) is 3.88. The van der Waals surface area contributed by atoms with Crippen molar-refractivity contribution in [2.75, 3.05) is 6.54 Å². The van der Waals surface area contributed by atoms with Crippen molar-refractivity contribution in [1.82, 2.24) is 5.32 Å². The lowest BCUT2D eigenvalue weighted by atomic mass is 10.6. The molecule has 0 aliphatic heterocycles. The second-order valence-electron chi connectivity index (χ2n) is 2.64. The molecule has 0 radical (unpaired) electrons. The Morgan fingerprint density at radius 2 is 2.36 bits per heavy atom. The van der Waals surface area contributed by atoms with E-state index in [0.29, 0.717) is 23.6 Å². The van der Waals surface area contributed by atoms with E-state index < -0.39 is 0 Å².